The Balaban J connectivity index is 0.843. The first kappa shape index (κ1) is 38.7. The fourth-order valence-electron chi connectivity index (χ4n) is 12.0. The van der Waals surface area contributed by atoms with Crippen LogP contribution >= 0.6 is 11.3 Å². The van der Waals surface area contributed by atoms with E-state index in [1.807, 2.05) is 11.3 Å². The molecule has 322 valence electrons. The number of aromatic nitrogens is 2. The van der Waals surface area contributed by atoms with Gasteiger partial charge in [-0.2, -0.15) is 0 Å². The predicted octanol–water partition coefficient (Wildman–Crippen LogP) is 18.4. The molecule has 1 aliphatic rings. The van der Waals surface area contributed by atoms with Gasteiger partial charge in [0.05, 0.1) is 21.4 Å². The van der Waals surface area contributed by atoms with Gasteiger partial charge in [-0.05, 0) is 123 Å². The van der Waals surface area contributed by atoms with Gasteiger partial charge in [-0.1, -0.05) is 208 Å². The lowest BCUT2D eigenvalue weighted by molar-refractivity contribution is 0.660. The fourth-order valence-corrected chi connectivity index (χ4v) is 13.2. The maximum absolute atomic E-state index is 5.59. The smallest absolute Gasteiger partial charge is 0.156 e. The molecule has 3 heterocycles. The lowest BCUT2D eigenvalue weighted by atomic mass is 9.81. The zero-order valence-electron chi connectivity index (χ0n) is 38.1. The third-order valence-corrected chi connectivity index (χ3v) is 16.6. The molecule has 14 aromatic rings. The molecule has 0 fully saturated rings. The standard InChI is InChI=1S/C66H42N2S/c1-66(2)57-18-10-9-17-53(57)54-30-28-45(37-58(54)66)39-19-21-42(22-20-39)47-32-33-48(51-16-8-7-15-50(47)51)43-23-25-44(26-24-43)60-38-56-62-49-14-6-4-12-41(49)29-36-61(62)69-64(56)65-67-63-55-31-27-40-11-3-5-13-46(40)52(55)34-35-59(63)68(60)65/h3-38H,1-2H3. The summed E-state index contributed by atoms with van der Waals surface area (Å²) in [7, 11) is 0. The second kappa shape index (κ2) is 14.3. The van der Waals surface area contributed by atoms with Crippen molar-refractivity contribution in [3.05, 3.63) is 230 Å². The molecule has 69 heavy (non-hydrogen) atoms. The molecule has 0 saturated heterocycles. The third kappa shape index (κ3) is 5.57. The number of nitrogens with zero attached hydrogens (tertiary/aromatic N) is 2. The van der Waals surface area contributed by atoms with Crippen LogP contribution in [0.2, 0.25) is 0 Å². The summed E-state index contributed by atoms with van der Waals surface area (Å²) in [6.45, 7) is 4.70. The van der Waals surface area contributed by atoms with Crippen LogP contribution in [0.15, 0.2) is 218 Å². The molecule has 15 rings (SSSR count). The first-order valence-electron chi connectivity index (χ1n) is 23.9. The van der Waals surface area contributed by atoms with Crippen LogP contribution in [0.1, 0.15) is 25.0 Å². The minimum absolute atomic E-state index is 0.0280. The molecule has 0 saturated carbocycles. The molecule has 2 nitrogen and oxygen atoms in total. The average molecular weight is 895 g/mol. The number of fused-ring (bicyclic) bond motifs is 17. The largest absolute Gasteiger partial charge is 0.291 e. The first-order chi connectivity index (χ1) is 34.0. The van der Waals surface area contributed by atoms with Crippen molar-refractivity contribution in [2.75, 3.05) is 0 Å². The molecule has 0 N–H and O–H groups in total. The number of imidazole rings is 1. The van der Waals surface area contributed by atoms with Gasteiger partial charge in [0.1, 0.15) is 0 Å². The number of hydrogen-bond donors (Lipinski definition) is 0. The SMILES string of the molecule is CC1(C)c2ccccc2-c2ccc(-c3ccc(-c4ccc(-c5ccc(-c6cc7c(sc8ccc9ccccc9c87)c7nc8c9ccc%10ccccc%10c9ccc8n67)cc5)c5ccccc45)cc3)cc21. The lowest BCUT2D eigenvalue weighted by Gasteiger charge is -2.22. The van der Waals surface area contributed by atoms with Gasteiger partial charge in [-0.15, -0.1) is 11.3 Å². The quantitative estimate of drug-likeness (QED) is 0.161. The van der Waals surface area contributed by atoms with E-state index in [0.717, 1.165) is 27.9 Å². The monoisotopic (exact) mass is 894 g/mol. The highest BCUT2D eigenvalue weighted by Crippen LogP contribution is 2.50. The minimum atomic E-state index is -0.0280. The van der Waals surface area contributed by atoms with E-state index in [1.165, 1.54) is 119 Å². The molecule has 3 aromatic heterocycles. The number of rotatable bonds is 4. The molecule has 0 amide bonds. The van der Waals surface area contributed by atoms with Crippen LogP contribution < -0.4 is 0 Å². The van der Waals surface area contributed by atoms with Gasteiger partial charge in [0.25, 0.3) is 0 Å². The molecule has 3 heteroatoms. The zero-order chi connectivity index (χ0) is 45.5. The lowest BCUT2D eigenvalue weighted by Crippen LogP contribution is -2.14. The predicted molar refractivity (Wildman–Crippen MR) is 295 cm³/mol. The topological polar surface area (TPSA) is 17.3 Å². The Morgan fingerprint density at radius 2 is 0.957 bits per heavy atom. The summed E-state index contributed by atoms with van der Waals surface area (Å²) in [4.78, 5) is 5.59. The molecule has 0 unspecified atom stereocenters. The number of thiophene rings is 1. The third-order valence-electron chi connectivity index (χ3n) is 15.4. The highest BCUT2D eigenvalue weighted by Gasteiger charge is 2.35. The van der Waals surface area contributed by atoms with Crippen molar-refractivity contribution in [2.24, 2.45) is 0 Å². The van der Waals surface area contributed by atoms with Crippen molar-refractivity contribution in [1.82, 2.24) is 9.38 Å². The molecule has 1 aliphatic carbocycles. The van der Waals surface area contributed by atoms with Gasteiger partial charge < -0.3 is 0 Å². The summed E-state index contributed by atoms with van der Waals surface area (Å²) in [5, 5.41) is 12.5. The van der Waals surface area contributed by atoms with Gasteiger partial charge in [-0.25, -0.2) is 4.98 Å². The second-order valence-corrected chi connectivity index (χ2v) is 20.5. The van der Waals surface area contributed by atoms with Crippen LogP contribution in [-0.2, 0) is 5.41 Å². The van der Waals surface area contributed by atoms with Crippen LogP contribution in [0.3, 0.4) is 0 Å². The minimum Gasteiger partial charge on any atom is -0.291 e. The molecule has 0 radical (unpaired) electrons. The molecule has 0 spiro atoms. The Kier molecular flexibility index (Phi) is 8.03. The summed E-state index contributed by atoms with van der Waals surface area (Å²) >= 11 is 1.85. The van der Waals surface area contributed by atoms with E-state index < -0.39 is 0 Å². The van der Waals surface area contributed by atoms with E-state index in [-0.39, 0.29) is 5.41 Å². The van der Waals surface area contributed by atoms with E-state index in [2.05, 4.69) is 237 Å². The Morgan fingerprint density at radius 1 is 0.391 bits per heavy atom. The van der Waals surface area contributed by atoms with Gasteiger partial charge >= 0.3 is 0 Å². The van der Waals surface area contributed by atoms with Crippen molar-refractivity contribution in [3.8, 4) is 55.8 Å². The normalized spacial score (nSPS) is 13.2. The zero-order valence-corrected chi connectivity index (χ0v) is 38.9. The van der Waals surface area contributed by atoms with Crippen molar-refractivity contribution < 1.29 is 0 Å². The number of hydrogen-bond acceptors (Lipinski definition) is 2. The summed E-state index contributed by atoms with van der Waals surface area (Å²) in [6.07, 6.45) is 0. The maximum atomic E-state index is 5.59. The Bertz CT molecular complexity index is 4490. The second-order valence-electron chi connectivity index (χ2n) is 19.4. The van der Waals surface area contributed by atoms with Crippen molar-refractivity contribution >= 4 is 91.3 Å². The van der Waals surface area contributed by atoms with E-state index in [9.17, 15) is 0 Å². The van der Waals surface area contributed by atoms with Crippen molar-refractivity contribution in [2.45, 2.75) is 19.3 Å². The molecular weight excluding hydrogens is 853 g/mol. The Morgan fingerprint density at radius 3 is 1.71 bits per heavy atom. The number of pyridine rings is 1. The van der Waals surface area contributed by atoms with Crippen LogP contribution in [0.25, 0.3) is 136 Å². The molecular formula is C66H42N2S. The van der Waals surface area contributed by atoms with Crippen molar-refractivity contribution in [3.63, 3.8) is 0 Å². The van der Waals surface area contributed by atoms with E-state index in [0.29, 0.717) is 0 Å². The van der Waals surface area contributed by atoms with Crippen LogP contribution in [0.5, 0.6) is 0 Å². The highest BCUT2D eigenvalue weighted by atomic mass is 32.1. The van der Waals surface area contributed by atoms with Crippen LogP contribution in [-0.4, -0.2) is 9.38 Å². The molecule has 11 aromatic carbocycles. The summed E-state index contributed by atoms with van der Waals surface area (Å²) in [5.41, 5.74) is 18.3. The maximum Gasteiger partial charge on any atom is 0.156 e. The molecule has 0 bridgehead atoms. The number of benzene rings is 11. The molecule has 0 atom stereocenters. The summed E-state index contributed by atoms with van der Waals surface area (Å²) in [6, 6.07) is 81.3. The highest BCUT2D eigenvalue weighted by molar-refractivity contribution is 7.26. The van der Waals surface area contributed by atoms with E-state index >= 15 is 0 Å². The first-order valence-corrected chi connectivity index (χ1v) is 24.8. The average Bonchev–Trinajstić information content (AvgIpc) is 4.06. The van der Waals surface area contributed by atoms with Crippen LogP contribution in [0.4, 0.5) is 0 Å². The Hall–Kier alpha value is -8.37. The Labute approximate surface area is 403 Å². The van der Waals surface area contributed by atoms with Crippen molar-refractivity contribution in [1.29, 1.82) is 0 Å². The van der Waals surface area contributed by atoms with Gasteiger partial charge in [0, 0.05) is 26.3 Å². The van der Waals surface area contributed by atoms with Gasteiger partial charge in [-0.3, -0.25) is 4.40 Å². The fraction of sp³-hybridized carbons (Fsp3) is 0.0455. The summed E-state index contributed by atoms with van der Waals surface area (Å²) in [5.74, 6) is 0. The van der Waals surface area contributed by atoms with E-state index in [1.54, 1.807) is 0 Å². The van der Waals surface area contributed by atoms with Gasteiger partial charge in [0.15, 0.2) is 5.65 Å². The van der Waals surface area contributed by atoms with E-state index in [4.69, 9.17) is 4.98 Å². The molecule has 0 aliphatic heterocycles. The summed E-state index contributed by atoms with van der Waals surface area (Å²) < 4.78 is 4.91. The van der Waals surface area contributed by atoms with Crippen LogP contribution in [0, 0.1) is 0 Å². The van der Waals surface area contributed by atoms with Gasteiger partial charge in [0.2, 0.25) is 0 Å².